The molecule has 0 spiro atoms. The number of amides is 1. The lowest BCUT2D eigenvalue weighted by atomic mass is 10.1. The van der Waals surface area contributed by atoms with Gasteiger partial charge in [0.05, 0.1) is 5.69 Å². The summed E-state index contributed by atoms with van der Waals surface area (Å²) in [7, 11) is 1.79. The van der Waals surface area contributed by atoms with Gasteiger partial charge < -0.3 is 15.5 Å². The molecular formula is C14H21N3O. The van der Waals surface area contributed by atoms with Gasteiger partial charge in [0, 0.05) is 31.4 Å². The van der Waals surface area contributed by atoms with Gasteiger partial charge in [-0.3, -0.25) is 4.79 Å². The van der Waals surface area contributed by atoms with Gasteiger partial charge in [-0.05, 0) is 25.5 Å². The smallest absolute Gasteiger partial charge is 0.248 e. The van der Waals surface area contributed by atoms with Crippen LogP contribution in [-0.4, -0.2) is 26.0 Å². The van der Waals surface area contributed by atoms with Gasteiger partial charge in [0.2, 0.25) is 5.91 Å². The van der Waals surface area contributed by atoms with Gasteiger partial charge in [-0.15, -0.1) is 0 Å². The van der Waals surface area contributed by atoms with E-state index in [1.165, 1.54) is 0 Å². The van der Waals surface area contributed by atoms with Gasteiger partial charge in [-0.25, -0.2) is 0 Å². The molecule has 1 heterocycles. The van der Waals surface area contributed by atoms with Gasteiger partial charge in [0.25, 0.3) is 0 Å². The fourth-order valence-electron chi connectivity index (χ4n) is 2.48. The molecule has 0 aromatic heterocycles. The highest BCUT2D eigenvalue weighted by Crippen LogP contribution is 2.36. The van der Waals surface area contributed by atoms with Crippen LogP contribution in [0.25, 0.3) is 0 Å². The van der Waals surface area contributed by atoms with Gasteiger partial charge in [-0.1, -0.05) is 13.0 Å². The lowest BCUT2D eigenvalue weighted by Crippen LogP contribution is -2.28. The van der Waals surface area contributed by atoms with Crippen molar-refractivity contribution in [3.63, 3.8) is 0 Å². The largest absolute Gasteiger partial charge is 0.372 e. The van der Waals surface area contributed by atoms with Crippen LogP contribution in [0.1, 0.15) is 31.9 Å². The molecule has 0 saturated heterocycles. The molecule has 0 radical (unpaired) electrons. The average molecular weight is 247 g/mol. The van der Waals surface area contributed by atoms with Crippen molar-refractivity contribution in [3.05, 3.63) is 23.8 Å². The highest BCUT2D eigenvalue weighted by Gasteiger charge is 2.32. The quantitative estimate of drug-likeness (QED) is 0.884. The van der Waals surface area contributed by atoms with Crippen molar-refractivity contribution >= 4 is 17.3 Å². The Morgan fingerprint density at radius 2 is 2.11 bits per heavy atom. The lowest BCUT2D eigenvalue weighted by Gasteiger charge is -2.23. The Bertz CT molecular complexity index is 458. The molecule has 0 aliphatic carbocycles. The molecule has 1 aromatic carbocycles. The number of anilines is 2. The minimum Gasteiger partial charge on any atom is -0.372 e. The van der Waals surface area contributed by atoms with Crippen molar-refractivity contribution in [2.45, 2.75) is 26.3 Å². The average Bonchev–Trinajstić information content (AvgIpc) is 2.61. The predicted molar refractivity (Wildman–Crippen MR) is 75.0 cm³/mol. The van der Waals surface area contributed by atoms with Crippen LogP contribution in [0.15, 0.2) is 18.2 Å². The van der Waals surface area contributed by atoms with E-state index in [-0.39, 0.29) is 5.91 Å². The molecule has 1 amide bonds. The molecular weight excluding hydrogens is 226 g/mol. The molecule has 1 aliphatic rings. The minimum absolute atomic E-state index is 0.0271. The van der Waals surface area contributed by atoms with Crippen LogP contribution in [0.5, 0.6) is 0 Å². The SMILES string of the molecule is CCCN(CC)c1ccc2c(c1)N(C)C(=O)C2N. The van der Waals surface area contributed by atoms with Crippen LogP contribution >= 0.6 is 0 Å². The summed E-state index contributed by atoms with van der Waals surface area (Å²) < 4.78 is 0. The zero-order valence-electron chi connectivity index (χ0n) is 11.3. The molecule has 1 unspecified atom stereocenters. The molecule has 1 aliphatic heterocycles. The second kappa shape index (κ2) is 4.98. The van der Waals surface area contributed by atoms with Crippen LogP contribution < -0.4 is 15.5 Å². The summed E-state index contributed by atoms with van der Waals surface area (Å²) in [5.74, 6) is -0.0271. The Kier molecular flexibility index (Phi) is 3.57. The van der Waals surface area contributed by atoms with E-state index in [9.17, 15) is 4.79 Å². The summed E-state index contributed by atoms with van der Waals surface area (Å²) >= 11 is 0. The molecule has 1 atom stereocenters. The number of carbonyl (C=O) groups is 1. The fraction of sp³-hybridized carbons (Fsp3) is 0.500. The molecule has 18 heavy (non-hydrogen) atoms. The second-order valence-corrected chi connectivity index (χ2v) is 4.70. The Balaban J connectivity index is 2.36. The normalized spacial score (nSPS) is 18.1. The van der Waals surface area contributed by atoms with E-state index >= 15 is 0 Å². The topological polar surface area (TPSA) is 49.6 Å². The summed E-state index contributed by atoms with van der Waals surface area (Å²) in [6, 6.07) is 5.61. The van der Waals surface area contributed by atoms with Crippen molar-refractivity contribution in [1.82, 2.24) is 0 Å². The first-order chi connectivity index (χ1) is 8.60. The van der Waals surface area contributed by atoms with Crippen molar-refractivity contribution in [3.8, 4) is 0 Å². The third-order valence-corrected chi connectivity index (χ3v) is 3.55. The first-order valence-corrected chi connectivity index (χ1v) is 6.52. The van der Waals surface area contributed by atoms with Crippen molar-refractivity contribution in [2.75, 3.05) is 29.9 Å². The maximum absolute atomic E-state index is 11.8. The highest BCUT2D eigenvalue weighted by molar-refractivity contribution is 6.04. The molecule has 98 valence electrons. The Labute approximate surface area is 108 Å². The van der Waals surface area contributed by atoms with Crippen molar-refractivity contribution < 1.29 is 4.79 Å². The molecule has 4 nitrogen and oxygen atoms in total. The van der Waals surface area contributed by atoms with E-state index in [0.29, 0.717) is 0 Å². The second-order valence-electron chi connectivity index (χ2n) is 4.70. The molecule has 2 N–H and O–H groups in total. The maximum Gasteiger partial charge on any atom is 0.248 e. The number of fused-ring (bicyclic) bond motifs is 1. The number of likely N-dealkylation sites (N-methyl/N-ethyl adjacent to an activating group) is 1. The number of nitrogens with zero attached hydrogens (tertiary/aromatic N) is 2. The lowest BCUT2D eigenvalue weighted by molar-refractivity contribution is -0.118. The summed E-state index contributed by atoms with van der Waals surface area (Å²) in [5.41, 5.74) is 8.93. The molecule has 2 rings (SSSR count). The molecule has 0 fully saturated rings. The van der Waals surface area contributed by atoms with Gasteiger partial charge in [0.15, 0.2) is 0 Å². The number of benzene rings is 1. The van der Waals surface area contributed by atoms with Gasteiger partial charge in [0.1, 0.15) is 6.04 Å². The van der Waals surface area contributed by atoms with Gasteiger partial charge in [-0.2, -0.15) is 0 Å². The van der Waals surface area contributed by atoms with E-state index in [1.807, 2.05) is 6.07 Å². The highest BCUT2D eigenvalue weighted by atomic mass is 16.2. The van der Waals surface area contributed by atoms with Gasteiger partial charge >= 0.3 is 0 Å². The third-order valence-electron chi connectivity index (χ3n) is 3.55. The summed E-state index contributed by atoms with van der Waals surface area (Å²) in [6.07, 6.45) is 1.11. The minimum atomic E-state index is -0.500. The fourth-order valence-corrected chi connectivity index (χ4v) is 2.48. The van der Waals surface area contributed by atoms with Crippen LogP contribution in [0.4, 0.5) is 11.4 Å². The van der Waals surface area contributed by atoms with Crippen LogP contribution in [0, 0.1) is 0 Å². The van der Waals surface area contributed by atoms with E-state index < -0.39 is 6.04 Å². The number of nitrogens with two attached hydrogens (primary N) is 1. The third kappa shape index (κ3) is 1.97. The van der Waals surface area contributed by atoms with E-state index in [4.69, 9.17) is 5.73 Å². The Morgan fingerprint density at radius 3 is 2.72 bits per heavy atom. The number of hydrogen-bond donors (Lipinski definition) is 1. The predicted octanol–water partition coefficient (Wildman–Crippen LogP) is 1.90. The number of carbonyl (C=O) groups excluding carboxylic acids is 1. The number of rotatable bonds is 4. The Morgan fingerprint density at radius 1 is 1.39 bits per heavy atom. The van der Waals surface area contributed by atoms with Crippen LogP contribution in [0.3, 0.4) is 0 Å². The van der Waals surface area contributed by atoms with E-state index in [1.54, 1.807) is 11.9 Å². The Hall–Kier alpha value is -1.55. The summed E-state index contributed by atoms with van der Waals surface area (Å²) in [4.78, 5) is 15.8. The van der Waals surface area contributed by atoms with E-state index in [2.05, 4.69) is 30.9 Å². The molecule has 0 bridgehead atoms. The molecule has 1 aromatic rings. The van der Waals surface area contributed by atoms with Crippen LogP contribution in [0.2, 0.25) is 0 Å². The molecule has 4 heteroatoms. The first-order valence-electron chi connectivity index (χ1n) is 6.52. The molecule has 0 saturated carbocycles. The van der Waals surface area contributed by atoms with Crippen molar-refractivity contribution in [2.24, 2.45) is 5.73 Å². The zero-order valence-corrected chi connectivity index (χ0v) is 11.3. The van der Waals surface area contributed by atoms with Crippen LogP contribution in [-0.2, 0) is 4.79 Å². The zero-order chi connectivity index (χ0) is 13.3. The van der Waals surface area contributed by atoms with Crippen molar-refractivity contribution in [1.29, 1.82) is 0 Å². The standard InChI is InChI=1S/C14H21N3O/c1-4-8-17(5-2)10-6-7-11-12(9-10)16(3)14(18)13(11)15/h6-7,9,13H,4-5,8,15H2,1-3H3. The van der Waals surface area contributed by atoms with E-state index in [0.717, 1.165) is 36.4 Å². The maximum atomic E-state index is 11.8. The summed E-state index contributed by atoms with van der Waals surface area (Å²) in [5, 5.41) is 0. The number of hydrogen-bond acceptors (Lipinski definition) is 3. The monoisotopic (exact) mass is 247 g/mol. The summed E-state index contributed by atoms with van der Waals surface area (Å²) in [6.45, 7) is 6.31. The first kappa shape index (κ1) is 12.9.